The van der Waals surface area contributed by atoms with Crippen LogP contribution in [0.1, 0.15) is 53.8 Å². The van der Waals surface area contributed by atoms with Crippen molar-refractivity contribution in [3.05, 3.63) is 75.7 Å². The van der Waals surface area contributed by atoms with Crippen LogP contribution in [0.5, 0.6) is 0 Å². The summed E-state index contributed by atoms with van der Waals surface area (Å²) in [4.78, 5) is 22.9. The van der Waals surface area contributed by atoms with Crippen LogP contribution in [0.2, 0.25) is 0 Å². The molecule has 1 unspecified atom stereocenters. The smallest absolute Gasteiger partial charge is 0.266 e. The molecule has 7 heteroatoms. The number of nitrogens with zero attached hydrogens (tertiary/aromatic N) is 4. The van der Waals surface area contributed by atoms with Gasteiger partial charge in [-0.15, -0.1) is 0 Å². The van der Waals surface area contributed by atoms with Gasteiger partial charge in [0.1, 0.15) is 0 Å². The molecule has 5 rings (SSSR count). The first-order chi connectivity index (χ1) is 14.5. The molecule has 0 aliphatic heterocycles. The first-order valence-electron chi connectivity index (χ1n) is 10.1. The Morgan fingerprint density at radius 3 is 2.70 bits per heavy atom. The Kier molecular flexibility index (Phi) is 4.70. The molecule has 2 aromatic carbocycles. The summed E-state index contributed by atoms with van der Waals surface area (Å²) in [6.45, 7) is 6.08. The van der Waals surface area contributed by atoms with Gasteiger partial charge in [0.25, 0.3) is 5.56 Å². The third-order valence-corrected chi connectivity index (χ3v) is 6.63. The maximum Gasteiger partial charge on any atom is 0.266 e. The fraction of sp³-hybridized carbons (Fsp3) is 0.304. The molecule has 0 spiro atoms. The summed E-state index contributed by atoms with van der Waals surface area (Å²) in [6.07, 6.45) is 2.25. The number of hydrogen-bond acceptors (Lipinski definition) is 6. The van der Waals surface area contributed by atoms with Gasteiger partial charge in [-0.25, -0.2) is 4.98 Å². The van der Waals surface area contributed by atoms with E-state index in [1.165, 1.54) is 11.8 Å². The second-order valence-corrected chi connectivity index (χ2v) is 9.10. The Morgan fingerprint density at radius 1 is 1.10 bits per heavy atom. The first kappa shape index (κ1) is 19.1. The molecule has 6 nitrogen and oxygen atoms in total. The molecule has 4 aromatic rings. The monoisotopic (exact) mass is 418 g/mol. The van der Waals surface area contributed by atoms with E-state index in [2.05, 4.69) is 10.1 Å². The number of rotatable bonds is 5. The molecule has 2 heterocycles. The number of fused-ring (bicyclic) bond motifs is 1. The molecule has 0 bridgehead atoms. The Balaban J connectivity index is 1.64. The second-order valence-electron chi connectivity index (χ2n) is 7.80. The lowest BCUT2D eigenvalue weighted by molar-refractivity contribution is 0.374. The summed E-state index contributed by atoms with van der Waals surface area (Å²) in [5.74, 6) is 1.79. The van der Waals surface area contributed by atoms with Crippen molar-refractivity contribution in [3.8, 4) is 5.69 Å². The topological polar surface area (TPSA) is 73.8 Å². The van der Waals surface area contributed by atoms with Crippen molar-refractivity contribution in [1.29, 1.82) is 0 Å². The summed E-state index contributed by atoms with van der Waals surface area (Å²) in [7, 11) is 0. The molecule has 1 saturated carbocycles. The van der Waals surface area contributed by atoms with Crippen LogP contribution in [-0.2, 0) is 0 Å². The molecule has 0 saturated heterocycles. The highest BCUT2D eigenvalue weighted by Crippen LogP contribution is 2.40. The van der Waals surface area contributed by atoms with Crippen LogP contribution in [-0.4, -0.2) is 19.7 Å². The van der Waals surface area contributed by atoms with E-state index in [1.54, 1.807) is 4.57 Å². The average Bonchev–Trinajstić information content (AvgIpc) is 3.47. The number of aryl methyl sites for hydroxylation is 1. The molecule has 2 aromatic heterocycles. The minimum atomic E-state index is -0.130. The van der Waals surface area contributed by atoms with Gasteiger partial charge in [0.15, 0.2) is 11.0 Å². The number of hydrogen-bond donors (Lipinski definition) is 0. The fourth-order valence-corrected chi connectivity index (χ4v) is 4.46. The van der Waals surface area contributed by atoms with Crippen molar-refractivity contribution in [2.24, 2.45) is 0 Å². The SMILES string of the molecule is Cc1cccc(-n2c(SC(C)c3nc(C4CC4)no3)nc3ccccc3c2=O)c1C. The highest BCUT2D eigenvalue weighted by atomic mass is 32.2. The minimum absolute atomic E-state index is 0.0757. The van der Waals surface area contributed by atoms with Gasteiger partial charge in [-0.3, -0.25) is 9.36 Å². The van der Waals surface area contributed by atoms with E-state index in [-0.39, 0.29) is 10.8 Å². The van der Waals surface area contributed by atoms with Crippen molar-refractivity contribution in [3.63, 3.8) is 0 Å². The maximum absolute atomic E-state index is 13.5. The van der Waals surface area contributed by atoms with Crippen LogP contribution in [0.4, 0.5) is 0 Å². The van der Waals surface area contributed by atoms with Crippen LogP contribution >= 0.6 is 11.8 Å². The highest BCUT2D eigenvalue weighted by molar-refractivity contribution is 7.99. The molecule has 152 valence electrons. The lowest BCUT2D eigenvalue weighted by Crippen LogP contribution is -2.23. The van der Waals surface area contributed by atoms with Crippen LogP contribution < -0.4 is 5.56 Å². The van der Waals surface area contributed by atoms with Gasteiger partial charge in [-0.1, -0.05) is 41.2 Å². The summed E-state index contributed by atoms with van der Waals surface area (Å²) < 4.78 is 7.22. The van der Waals surface area contributed by atoms with E-state index in [4.69, 9.17) is 9.51 Å². The average molecular weight is 419 g/mol. The zero-order valence-corrected chi connectivity index (χ0v) is 17.9. The van der Waals surface area contributed by atoms with Gasteiger partial charge in [-0.2, -0.15) is 4.98 Å². The van der Waals surface area contributed by atoms with E-state index in [0.717, 1.165) is 35.5 Å². The minimum Gasteiger partial charge on any atom is -0.338 e. The quantitative estimate of drug-likeness (QED) is 0.331. The van der Waals surface area contributed by atoms with E-state index in [9.17, 15) is 4.79 Å². The molecule has 1 atom stereocenters. The Bertz CT molecular complexity index is 1310. The van der Waals surface area contributed by atoms with E-state index in [1.807, 2.05) is 63.2 Å². The van der Waals surface area contributed by atoms with Crippen molar-refractivity contribution >= 4 is 22.7 Å². The molecule has 1 fully saturated rings. The predicted octanol–water partition coefficient (Wildman–Crippen LogP) is 5.12. The lowest BCUT2D eigenvalue weighted by atomic mass is 10.1. The Hall–Kier alpha value is -2.93. The van der Waals surface area contributed by atoms with Crippen molar-refractivity contribution in [2.45, 2.75) is 49.9 Å². The number of thioether (sulfide) groups is 1. The Labute approximate surface area is 178 Å². The van der Waals surface area contributed by atoms with Gasteiger partial charge >= 0.3 is 0 Å². The largest absolute Gasteiger partial charge is 0.338 e. The normalized spacial score (nSPS) is 14.9. The lowest BCUT2D eigenvalue weighted by Gasteiger charge is -2.17. The number of para-hydroxylation sites is 1. The standard InChI is InChI=1S/C23H22N4O2S/c1-13-7-6-10-19(14(13)2)27-22(28)17-8-4-5-9-18(17)24-23(27)30-15(3)21-25-20(26-29-21)16-11-12-16/h4-10,15-16H,11-12H2,1-3H3. The fourth-order valence-electron chi connectivity index (χ4n) is 3.51. The van der Waals surface area contributed by atoms with Crippen LogP contribution in [0.15, 0.2) is 56.9 Å². The van der Waals surface area contributed by atoms with Crippen LogP contribution in [0, 0.1) is 13.8 Å². The molecule has 1 aliphatic carbocycles. The third kappa shape index (κ3) is 3.33. The highest BCUT2D eigenvalue weighted by Gasteiger charge is 2.30. The van der Waals surface area contributed by atoms with Crippen molar-refractivity contribution in [1.82, 2.24) is 19.7 Å². The second kappa shape index (κ2) is 7.40. The first-order valence-corrected chi connectivity index (χ1v) is 11.0. The molecular weight excluding hydrogens is 396 g/mol. The zero-order chi connectivity index (χ0) is 20.8. The van der Waals surface area contributed by atoms with Crippen molar-refractivity contribution < 1.29 is 4.52 Å². The van der Waals surface area contributed by atoms with Crippen molar-refractivity contribution in [2.75, 3.05) is 0 Å². The van der Waals surface area contributed by atoms with Crippen LogP contribution in [0.3, 0.4) is 0 Å². The molecular formula is C23H22N4O2S. The van der Waals surface area contributed by atoms with Gasteiger partial charge in [0.05, 0.1) is 21.8 Å². The van der Waals surface area contributed by atoms with Crippen LogP contribution in [0.25, 0.3) is 16.6 Å². The third-order valence-electron chi connectivity index (χ3n) is 5.59. The summed E-state index contributed by atoms with van der Waals surface area (Å²) >= 11 is 1.46. The van der Waals surface area contributed by atoms with Gasteiger partial charge in [0.2, 0.25) is 5.89 Å². The molecule has 0 N–H and O–H groups in total. The van der Waals surface area contributed by atoms with Gasteiger partial charge in [-0.05, 0) is 62.9 Å². The number of aromatic nitrogens is 4. The van der Waals surface area contributed by atoms with E-state index in [0.29, 0.717) is 27.9 Å². The zero-order valence-electron chi connectivity index (χ0n) is 17.1. The van der Waals surface area contributed by atoms with E-state index < -0.39 is 0 Å². The predicted molar refractivity (Wildman–Crippen MR) is 117 cm³/mol. The summed E-state index contributed by atoms with van der Waals surface area (Å²) in [5.41, 5.74) is 3.64. The summed E-state index contributed by atoms with van der Waals surface area (Å²) in [5, 5.41) is 5.21. The Morgan fingerprint density at radius 2 is 1.90 bits per heavy atom. The maximum atomic E-state index is 13.5. The van der Waals surface area contributed by atoms with E-state index >= 15 is 0 Å². The van der Waals surface area contributed by atoms with Gasteiger partial charge < -0.3 is 4.52 Å². The summed E-state index contributed by atoms with van der Waals surface area (Å²) in [6, 6.07) is 13.4. The van der Waals surface area contributed by atoms with Gasteiger partial charge in [0, 0.05) is 5.92 Å². The molecule has 0 amide bonds. The molecule has 30 heavy (non-hydrogen) atoms. The number of benzene rings is 2. The molecule has 0 radical (unpaired) electrons. The molecule has 1 aliphatic rings.